The number of furan rings is 2. The first kappa shape index (κ1) is 39.9. The fraction of sp³-hybridized carbons (Fsp3) is 0.0357. The molecule has 4 nitrogen and oxygen atoms in total. The molecule has 0 aliphatic heterocycles. The molecule has 0 saturated heterocycles. The fourth-order valence-electron chi connectivity index (χ4n) is 10.5. The highest BCUT2D eigenvalue weighted by Crippen LogP contribution is 2.58. The van der Waals surface area contributed by atoms with Crippen molar-refractivity contribution >= 4 is 87.5 Å². The molecule has 0 radical (unpaired) electrons. The largest absolute Gasteiger partial charge is 0.454 e. The number of nitrogens with zero attached hydrogens (tertiary/aromatic N) is 2. The maximum atomic E-state index is 17.5. The number of hydrogen-bond acceptors (Lipinski definition) is 2. The van der Waals surface area contributed by atoms with Crippen molar-refractivity contribution in [2.24, 2.45) is 0 Å². The Morgan fingerprint density at radius 2 is 0.691 bits per heavy atom. The quantitative estimate of drug-likeness (QED) is 0.165. The molecule has 0 bridgehead atoms. The summed E-state index contributed by atoms with van der Waals surface area (Å²) in [7, 11) is 0. The van der Waals surface area contributed by atoms with Gasteiger partial charge in [0.05, 0.1) is 39.0 Å². The van der Waals surface area contributed by atoms with E-state index in [0.29, 0.717) is 54.3 Å². The highest BCUT2D eigenvalue weighted by Gasteiger charge is 2.49. The summed E-state index contributed by atoms with van der Waals surface area (Å²) in [6.45, 7) is 0. The van der Waals surface area contributed by atoms with Crippen LogP contribution < -0.4 is 0 Å². The van der Waals surface area contributed by atoms with E-state index in [4.69, 9.17) is 8.83 Å². The number of para-hydroxylation sites is 4. The van der Waals surface area contributed by atoms with E-state index in [0.717, 1.165) is 33.4 Å². The Labute approximate surface area is 378 Å². The van der Waals surface area contributed by atoms with Crippen LogP contribution in [0, 0.1) is 11.6 Å². The molecular weight excluding hydrogens is 885 g/mol. The number of fused-ring (bicyclic) bond motifs is 14. The Morgan fingerprint density at radius 3 is 1.10 bits per heavy atom. The van der Waals surface area contributed by atoms with Crippen molar-refractivity contribution in [1.82, 2.24) is 9.13 Å². The molecule has 12 heteroatoms. The minimum atomic E-state index is -5.58. The van der Waals surface area contributed by atoms with E-state index in [9.17, 15) is 0 Å². The second-order valence-electron chi connectivity index (χ2n) is 16.7. The highest BCUT2D eigenvalue weighted by atomic mass is 19.4. The lowest BCUT2D eigenvalue weighted by Gasteiger charge is -2.31. The van der Waals surface area contributed by atoms with E-state index in [-0.39, 0.29) is 33.2 Å². The van der Waals surface area contributed by atoms with Gasteiger partial charge in [0.1, 0.15) is 28.4 Å². The van der Waals surface area contributed by atoms with Gasteiger partial charge in [-0.3, -0.25) is 0 Å². The van der Waals surface area contributed by atoms with Crippen LogP contribution in [0.2, 0.25) is 0 Å². The van der Waals surface area contributed by atoms with Crippen molar-refractivity contribution in [3.63, 3.8) is 0 Å². The monoisotopic (exact) mass is 912 g/mol. The van der Waals surface area contributed by atoms with Crippen LogP contribution in [0.1, 0.15) is 11.1 Å². The van der Waals surface area contributed by atoms with Gasteiger partial charge in [-0.05, 0) is 48.5 Å². The number of rotatable bonds is 4. The van der Waals surface area contributed by atoms with Crippen LogP contribution in [0.4, 0.5) is 35.1 Å². The average molecular weight is 913 g/mol. The minimum absolute atomic E-state index is 0.00241. The Kier molecular flexibility index (Phi) is 8.26. The first-order valence-corrected chi connectivity index (χ1v) is 21.5. The number of hydrogen-bond donors (Lipinski definition) is 0. The topological polar surface area (TPSA) is 36.1 Å². The van der Waals surface area contributed by atoms with Gasteiger partial charge in [-0.1, -0.05) is 121 Å². The molecule has 330 valence electrons. The maximum absolute atomic E-state index is 17.5. The van der Waals surface area contributed by atoms with E-state index >= 15 is 35.1 Å². The first-order valence-electron chi connectivity index (χ1n) is 21.5. The van der Waals surface area contributed by atoms with Gasteiger partial charge in [0, 0.05) is 65.3 Å². The number of benzene rings is 9. The summed E-state index contributed by atoms with van der Waals surface area (Å²) in [5, 5.41) is 3.65. The van der Waals surface area contributed by atoms with Gasteiger partial charge in [-0.25, -0.2) is 8.78 Å². The minimum Gasteiger partial charge on any atom is -0.454 e. The Morgan fingerprint density at radius 1 is 0.338 bits per heavy atom. The van der Waals surface area contributed by atoms with E-state index in [2.05, 4.69) is 0 Å². The zero-order chi connectivity index (χ0) is 46.4. The van der Waals surface area contributed by atoms with Crippen molar-refractivity contribution in [2.75, 3.05) is 0 Å². The predicted molar refractivity (Wildman–Crippen MR) is 250 cm³/mol. The lowest BCUT2D eigenvalue weighted by Crippen LogP contribution is -2.23. The Balaban J connectivity index is 1.40. The number of aromatic nitrogens is 2. The van der Waals surface area contributed by atoms with Crippen molar-refractivity contribution < 1.29 is 44.0 Å². The van der Waals surface area contributed by atoms with Crippen LogP contribution in [-0.4, -0.2) is 9.13 Å². The molecule has 0 unspecified atom stereocenters. The Hall–Kier alpha value is -8.38. The molecule has 0 saturated carbocycles. The highest BCUT2D eigenvalue weighted by molar-refractivity contribution is 6.24. The SMILES string of the molecule is Fc1ccccc1-c1c(-n2c3ccccc3c3ccc4c5ccccc5oc4c32)c(C(F)(F)F)c(-n2c3ccccc3c3ccc4c5ccccc5oc4c32)c(-c2ccccc2F)c1C(F)(F)F. The van der Waals surface area contributed by atoms with Crippen LogP contribution >= 0.6 is 0 Å². The molecule has 0 fully saturated rings. The molecule has 0 N–H and O–H groups in total. The standard InChI is InChI=1S/C56H28F8N2O2/c57-39-19-7-1-17-37(39)45-47(55(59,60)61)46(38-18-2-8-20-40(38)58)52(66-42-22-10-4-14-30(42)34-26-28-36-32-16-6-12-24-44(32)68-54(36)50(34)66)48(56(62,63)64)51(45)65-41-21-9-3-13-29(41)33-25-27-35-31-15-5-11-23-43(31)67-53(35)49(33)65/h1-28H. The average Bonchev–Trinajstić information content (AvgIpc) is 4.08. The summed E-state index contributed by atoms with van der Waals surface area (Å²) in [6.07, 6.45) is -11.1. The lowest BCUT2D eigenvalue weighted by atomic mass is 9.84. The summed E-state index contributed by atoms with van der Waals surface area (Å²) >= 11 is 0. The van der Waals surface area contributed by atoms with E-state index in [1.807, 2.05) is 0 Å². The summed E-state index contributed by atoms with van der Waals surface area (Å²) < 4.78 is 153. The molecule has 4 heterocycles. The smallest absolute Gasteiger partial charge is 0.420 e. The summed E-state index contributed by atoms with van der Waals surface area (Å²) in [6, 6.07) is 42.4. The Bertz CT molecular complexity index is 4020. The molecule has 0 aliphatic rings. The second-order valence-corrected chi connectivity index (χ2v) is 16.7. The van der Waals surface area contributed by atoms with Crippen molar-refractivity contribution in [3.05, 3.63) is 193 Å². The molecule has 4 aromatic heterocycles. The molecule has 13 aromatic rings. The fourth-order valence-corrected chi connectivity index (χ4v) is 10.5. The van der Waals surface area contributed by atoms with Gasteiger partial charge in [-0.15, -0.1) is 0 Å². The van der Waals surface area contributed by atoms with Crippen molar-refractivity contribution in [1.29, 1.82) is 0 Å². The normalized spacial score (nSPS) is 12.7. The van der Waals surface area contributed by atoms with Crippen LogP contribution in [-0.2, 0) is 12.4 Å². The van der Waals surface area contributed by atoms with Gasteiger partial charge in [0.15, 0.2) is 11.2 Å². The van der Waals surface area contributed by atoms with Crippen LogP contribution in [0.25, 0.3) is 121 Å². The molecule has 13 rings (SSSR count). The molecule has 0 aliphatic carbocycles. The molecule has 0 amide bonds. The maximum Gasteiger partial charge on any atom is 0.420 e. The third-order valence-corrected chi connectivity index (χ3v) is 13.1. The van der Waals surface area contributed by atoms with Crippen LogP contribution in [0.5, 0.6) is 0 Å². The summed E-state index contributed by atoms with van der Waals surface area (Å²) in [5.41, 5.74) is -8.24. The van der Waals surface area contributed by atoms with Gasteiger partial charge in [0.2, 0.25) is 0 Å². The van der Waals surface area contributed by atoms with Crippen molar-refractivity contribution in [2.45, 2.75) is 12.4 Å². The summed E-state index contributed by atoms with van der Waals surface area (Å²) in [4.78, 5) is 0. The van der Waals surface area contributed by atoms with Gasteiger partial charge >= 0.3 is 12.4 Å². The molecule has 9 aromatic carbocycles. The van der Waals surface area contributed by atoms with Gasteiger partial charge < -0.3 is 18.0 Å². The van der Waals surface area contributed by atoms with E-state index < -0.39 is 68.7 Å². The van der Waals surface area contributed by atoms with Crippen LogP contribution in [0.3, 0.4) is 0 Å². The zero-order valence-corrected chi connectivity index (χ0v) is 34.9. The van der Waals surface area contributed by atoms with Crippen molar-refractivity contribution in [3.8, 4) is 33.6 Å². The predicted octanol–water partition coefficient (Wildman–Crippen LogP) is 17.3. The van der Waals surface area contributed by atoms with E-state index in [1.165, 1.54) is 36.4 Å². The lowest BCUT2D eigenvalue weighted by molar-refractivity contribution is -0.140. The third-order valence-electron chi connectivity index (χ3n) is 13.1. The van der Waals surface area contributed by atoms with Crippen LogP contribution in [0.15, 0.2) is 179 Å². The zero-order valence-electron chi connectivity index (χ0n) is 34.9. The molecule has 0 atom stereocenters. The molecule has 0 spiro atoms. The molecule has 68 heavy (non-hydrogen) atoms. The van der Waals surface area contributed by atoms with Gasteiger partial charge in [-0.2, -0.15) is 26.3 Å². The first-order chi connectivity index (χ1) is 32.9. The second kappa shape index (κ2) is 14.1. The van der Waals surface area contributed by atoms with Gasteiger partial charge in [0.25, 0.3) is 0 Å². The van der Waals surface area contributed by atoms with E-state index in [1.54, 1.807) is 109 Å². The number of alkyl halides is 6. The third kappa shape index (κ3) is 5.48. The molecular formula is C56H28F8N2O2. The number of halogens is 8. The summed E-state index contributed by atoms with van der Waals surface area (Å²) in [5.74, 6) is -2.48.